The van der Waals surface area contributed by atoms with Crippen molar-refractivity contribution in [2.24, 2.45) is 0 Å². The number of nitrogens with zero attached hydrogens (tertiary/aromatic N) is 3. The molecule has 0 saturated carbocycles. The average Bonchev–Trinajstić information content (AvgIpc) is 3.19. The molecule has 0 atom stereocenters. The summed E-state index contributed by atoms with van der Waals surface area (Å²) in [7, 11) is 0. The summed E-state index contributed by atoms with van der Waals surface area (Å²) in [5.74, 6) is 0.767. The van der Waals surface area contributed by atoms with Crippen molar-refractivity contribution < 1.29 is 18.8 Å². The molecule has 0 radical (unpaired) electrons. The number of carbonyl (C=O) groups is 1. The maximum absolute atomic E-state index is 13.5. The third kappa shape index (κ3) is 5.31. The number of hydrogen-bond donors (Lipinski definition) is 1. The highest BCUT2D eigenvalue weighted by atomic mass is 19.1. The highest BCUT2D eigenvalue weighted by Gasteiger charge is 2.28. The Morgan fingerprint density at radius 1 is 1.06 bits per heavy atom. The molecule has 0 spiro atoms. The van der Waals surface area contributed by atoms with Gasteiger partial charge in [-0.2, -0.15) is 0 Å². The van der Waals surface area contributed by atoms with Crippen LogP contribution in [0.5, 0.6) is 0 Å². The first-order valence-corrected chi connectivity index (χ1v) is 10.7. The van der Waals surface area contributed by atoms with Crippen LogP contribution in [0.25, 0.3) is 22.5 Å². The van der Waals surface area contributed by atoms with E-state index in [0.717, 1.165) is 41.2 Å². The molecule has 1 aliphatic rings. The third-order valence-electron chi connectivity index (χ3n) is 5.24. The second-order valence-electron chi connectivity index (χ2n) is 8.85. The SMILES string of the molecule is CC(C)(C)OC(=O)ON1CCC(c2nc(-c3ccc(F)cc3)c(-c3ccncc3)[nH]2)CC1. The van der Waals surface area contributed by atoms with Crippen molar-refractivity contribution in [2.45, 2.75) is 45.1 Å². The lowest BCUT2D eigenvalue weighted by Crippen LogP contribution is -2.37. The first-order chi connectivity index (χ1) is 15.3. The molecule has 3 heterocycles. The van der Waals surface area contributed by atoms with Crippen molar-refractivity contribution in [1.29, 1.82) is 0 Å². The fourth-order valence-corrected chi connectivity index (χ4v) is 3.72. The van der Waals surface area contributed by atoms with Crippen molar-refractivity contribution in [3.05, 3.63) is 60.4 Å². The molecule has 1 aliphatic heterocycles. The monoisotopic (exact) mass is 438 g/mol. The van der Waals surface area contributed by atoms with E-state index in [1.54, 1.807) is 50.4 Å². The smallest absolute Gasteiger partial charge is 0.427 e. The van der Waals surface area contributed by atoms with Gasteiger partial charge in [0.2, 0.25) is 0 Å². The maximum Gasteiger partial charge on any atom is 0.528 e. The highest BCUT2D eigenvalue weighted by molar-refractivity contribution is 5.78. The van der Waals surface area contributed by atoms with Gasteiger partial charge < -0.3 is 14.6 Å². The van der Waals surface area contributed by atoms with E-state index in [0.29, 0.717) is 13.1 Å². The standard InChI is InChI=1S/C24H27FN4O3/c1-24(2,3)31-23(30)32-29-14-10-18(11-15-29)22-27-20(16-4-6-19(25)7-5-16)21(28-22)17-8-12-26-13-9-17/h4-9,12-13,18H,10-11,14-15H2,1-3H3,(H,27,28). The number of benzene rings is 1. The summed E-state index contributed by atoms with van der Waals surface area (Å²) in [5.41, 5.74) is 2.86. The van der Waals surface area contributed by atoms with Crippen molar-refractivity contribution in [3.63, 3.8) is 0 Å². The molecule has 0 aliphatic carbocycles. The topological polar surface area (TPSA) is 80.3 Å². The third-order valence-corrected chi connectivity index (χ3v) is 5.24. The van der Waals surface area contributed by atoms with E-state index in [-0.39, 0.29) is 11.7 Å². The van der Waals surface area contributed by atoms with E-state index in [9.17, 15) is 9.18 Å². The highest BCUT2D eigenvalue weighted by Crippen LogP contribution is 2.34. The first kappa shape index (κ1) is 22.0. The van der Waals surface area contributed by atoms with Crippen LogP contribution in [0.3, 0.4) is 0 Å². The fraction of sp³-hybridized carbons (Fsp3) is 0.375. The number of aromatic nitrogens is 3. The van der Waals surface area contributed by atoms with Gasteiger partial charge in [0, 0.05) is 42.5 Å². The minimum Gasteiger partial charge on any atom is -0.427 e. The number of rotatable bonds is 4. The number of halogens is 1. The average molecular weight is 439 g/mol. The zero-order valence-corrected chi connectivity index (χ0v) is 18.5. The molecule has 168 valence electrons. The summed E-state index contributed by atoms with van der Waals surface area (Å²) in [6.45, 7) is 6.58. The summed E-state index contributed by atoms with van der Waals surface area (Å²) >= 11 is 0. The van der Waals surface area contributed by atoms with Gasteiger partial charge in [-0.25, -0.2) is 14.2 Å². The molecule has 1 fully saturated rings. The molecule has 3 aromatic rings. The molecule has 8 heteroatoms. The van der Waals surface area contributed by atoms with Crippen molar-refractivity contribution in [2.75, 3.05) is 13.1 Å². The Labute approximate surface area is 186 Å². The van der Waals surface area contributed by atoms with Gasteiger partial charge in [-0.1, -0.05) is 0 Å². The van der Waals surface area contributed by atoms with E-state index < -0.39 is 11.8 Å². The van der Waals surface area contributed by atoms with Crippen LogP contribution >= 0.6 is 0 Å². The largest absolute Gasteiger partial charge is 0.528 e. The van der Waals surface area contributed by atoms with Crippen LogP contribution in [-0.4, -0.2) is 44.9 Å². The van der Waals surface area contributed by atoms with Gasteiger partial charge in [0.25, 0.3) is 0 Å². The molecule has 0 unspecified atom stereocenters. The number of hydroxylamine groups is 2. The number of pyridine rings is 1. The number of carbonyl (C=O) groups excluding carboxylic acids is 1. The van der Waals surface area contributed by atoms with Gasteiger partial charge in [-0.05, 0) is 70.0 Å². The van der Waals surface area contributed by atoms with Gasteiger partial charge >= 0.3 is 6.16 Å². The van der Waals surface area contributed by atoms with Crippen LogP contribution in [0.1, 0.15) is 45.4 Å². The summed E-state index contributed by atoms with van der Waals surface area (Å²) in [6, 6.07) is 10.2. The van der Waals surface area contributed by atoms with Gasteiger partial charge in [-0.3, -0.25) is 4.98 Å². The summed E-state index contributed by atoms with van der Waals surface area (Å²) < 4.78 is 18.7. The Morgan fingerprint density at radius 3 is 2.34 bits per heavy atom. The van der Waals surface area contributed by atoms with Crippen LogP contribution in [0.2, 0.25) is 0 Å². The van der Waals surface area contributed by atoms with Crippen molar-refractivity contribution >= 4 is 6.16 Å². The quantitative estimate of drug-likeness (QED) is 0.555. The van der Waals surface area contributed by atoms with Crippen LogP contribution in [0, 0.1) is 5.82 Å². The van der Waals surface area contributed by atoms with Crippen LogP contribution in [0.4, 0.5) is 9.18 Å². The number of nitrogens with one attached hydrogen (secondary N) is 1. The van der Waals surface area contributed by atoms with Gasteiger partial charge in [-0.15, -0.1) is 5.06 Å². The number of hydrogen-bond acceptors (Lipinski definition) is 6. The molecule has 1 N–H and O–H groups in total. The van der Waals surface area contributed by atoms with Crippen molar-refractivity contribution in [3.8, 4) is 22.5 Å². The molecule has 1 saturated heterocycles. The van der Waals surface area contributed by atoms with Crippen LogP contribution < -0.4 is 0 Å². The van der Waals surface area contributed by atoms with Gasteiger partial charge in [0.1, 0.15) is 17.2 Å². The number of imidazole rings is 1. The minimum absolute atomic E-state index is 0.184. The van der Waals surface area contributed by atoms with Gasteiger partial charge in [0.05, 0.1) is 11.4 Å². The Kier molecular flexibility index (Phi) is 6.23. The molecule has 0 bridgehead atoms. The van der Waals surface area contributed by atoms with Crippen LogP contribution in [0.15, 0.2) is 48.8 Å². The molecule has 4 rings (SSSR count). The lowest BCUT2D eigenvalue weighted by Gasteiger charge is -2.30. The molecular formula is C24H27FN4O3. The second-order valence-corrected chi connectivity index (χ2v) is 8.85. The summed E-state index contributed by atoms with van der Waals surface area (Å²) in [4.78, 5) is 29.7. The zero-order chi connectivity index (χ0) is 22.7. The number of ether oxygens (including phenoxy) is 1. The summed E-state index contributed by atoms with van der Waals surface area (Å²) in [5, 5.41) is 1.64. The molecule has 1 aromatic carbocycles. The fourth-order valence-electron chi connectivity index (χ4n) is 3.72. The van der Waals surface area contributed by atoms with E-state index in [4.69, 9.17) is 14.6 Å². The Hall–Kier alpha value is -3.26. The summed E-state index contributed by atoms with van der Waals surface area (Å²) in [6.07, 6.45) is 4.32. The lowest BCUT2D eigenvalue weighted by molar-refractivity contribution is -0.152. The Balaban J connectivity index is 1.51. The van der Waals surface area contributed by atoms with Crippen LogP contribution in [-0.2, 0) is 9.57 Å². The number of aromatic amines is 1. The van der Waals surface area contributed by atoms with Crippen molar-refractivity contribution in [1.82, 2.24) is 20.0 Å². The molecule has 2 aromatic heterocycles. The van der Waals surface area contributed by atoms with Gasteiger partial charge in [0.15, 0.2) is 0 Å². The molecule has 7 nitrogen and oxygen atoms in total. The van der Waals surface area contributed by atoms with E-state index in [2.05, 4.69) is 9.97 Å². The van der Waals surface area contributed by atoms with E-state index >= 15 is 0 Å². The van der Waals surface area contributed by atoms with E-state index in [1.807, 2.05) is 12.1 Å². The number of H-pyrrole nitrogens is 1. The predicted molar refractivity (Wildman–Crippen MR) is 118 cm³/mol. The Morgan fingerprint density at radius 2 is 1.72 bits per heavy atom. The first-order valence-electron chi connectivity index (χ1n) is 10.7. The molecular weight excluding hydrogens is 411 g/mol. The normalized spacial score (nSPS) is 15.5. The zero-order valence-electron chi connectivity index (χ0n) is 18.5. The Bertz CT molecular complexity index is 1050. The molecule has 0 amide bonds. The van der Waals surface area contributed by atoms with E-state index in [1.165, 1.54) is 12.1 Å². The lowest BCUT2D eigenvalue weighted by atomic mass is 9.97. The number of piperidine rings is 1. The predicted octanol–water partition coefficient (Wildman–Crippen LogP) is 5.32. The maximum atomic E-state index is 13.5. The molecule has 32 heavy (non-hydrogen) atoms. The second kappa shape index (κ2) is 9.08. The minimum atomic E-state index is -0.687.